The van der Waals surface area contributed by atoms with Gasteiger partial charge in [-0.25, -0.2) is 4.98 Å². The Morgan fingerprint density at radius 1 is 1.17 bits per heavy atom. The fourth-order valence-corrected chi connectivity index (χ4v) is 3.24. The fourth-order valence-electron chi connectivity index (χ4n) is 3.24. The molecule has 0 spiro atoms. The van der Waals surface area contributed by atoms with Crippen molar-refractivity contribution in [3.8, 4) is 22.8 Å². The average Bonchev–Trinajstić information content (AvgIpc) is 3.24. The van der Waals surface area contributed by atoms with Crippen LogP contribution in [-0.2, 0) is 10.9 Å². The molecule has 1 unspecified atom stereocenters. The van der Waals surface area contributed by atoms with Crippen molar-refractivity contribution in [1.82, 2.24) is 15.1 Å². The highest BCUT2D eigenvalue weighted by Crippen LogP contribution is 2.32. The van der Waals surface area contributed by atoms with E-state index in [1.54, 1.807) is 12.3 Å². The molecule has 1 fully saturated rings. The highest BCUT2D eigenvalue weighted by Gasteiger charge is 2.31. The van der Waals surface area contributed by atoms with Crippen LogP contribution < -0.4 is 4.90 Å². The highest BCUT2D eigenvalue weighted by atomic mass is 19.4. The van der Waals surface area contributed by atoms with Crippen LogP contribution in [0.1, 0.15) is 12.0 Å². The lowest BCUT2D eigenvalue weighted by Gasteiger charge is -2.33. The highest BCUT2D eigenvalue weighted by molar-refractivity contribution is 5.61. The van der Waals surface area contributed by atoms with E-state index in [-0.39, 0.29) is 30.0 Å². The van der Waals surface area contributed by atoms with Gasteiger partial charge in [0.15, 0.2) is 0 Å². The molecule has 7 nitrogen and oxygen atoms in total. The molecule has 0 radical (unpaired) electrons. The first kappa shape index (κ1) is 20.3. The van der Waals surface area contributed by atoms with Gasteiger partial charge in [0, 0.05) is 31.5 Å². The molecule has 0 bridgehead atoms. The first-order valence-corrected chi connectivity index (χ1v) is 9.39. The number of pyridine rings is 1. The third-order valence-corrected chi connectivity index (χ3v) is 4.78. The SMILES string of the molecule is OCCC1CN(c2ccc(-c3nc(-c4cccc(C(F)(F)F)c4)no3)cn2)CCO1. The van der Waals surface area contributed by atoms with Crippen LogP contribution in [0.15, 0.2) is 47.1 Å². The molecule has 4 rings (SSSR count). The minimum absolute atomic E-state index is 0.0452. The summed E-state index contributed by atoms with van der Waals surface area (Å²) < 4.78 is 49.6. The first-order chi connectivity index (χ1) is 14.4. The third-order valence-electron chi connectivity index (χ3n) is 4.78. The van der Waals surface area contributed by atoms with E-state index < -0.39 is 11.7 Å². The minimum atomic E-state index is -4.45. The van der Waals surface area contributed by atoms with Crippen molar-refractivity contribution < 1.29 is 27.5 Å². The monoisotopic (exact) mass is 420 g/mol. The predicted molar refractivity (Wildman–Crippen MR) is 102 cm³/mol. The number of alkyl halides is 3. The molecule has 2 aromatic heterocycles. The third kappa shape index (κ3) is 4.44. The van der Waals surface area contributed by atoms with Gasteiger partial charge in [-0.3, -0.25) is 0 Å². The quantitative estimate of drug-likeness (QED) is 0.677. The van der Waals surface area contributed by atoms with E-state index in [9.17, 15) is 13.2 Å². The van der Waals surface area contributed by atoms with Crippen LogP contribution in [-0.4, -0.2) is 52.6 Å². The number of ether oxygens (including phenoxy) is 1. The Morgan fingerprint density at radius 3 is 2.77 bits per heavy atom. The van der Waals surface area contributed by atoms with Crippen LogP contribution >= 0.6 is 0 Å². The summed E-state index contributed by atoms with van der Waals surface area (Å²) in [5, 5.41) is 12.9. The summed E-state index contributed by atoms with van der Waals surface area (Å²) in [6.45, 7) is 1.94. The molecule has 3 heterocycles. The van der Waals surface area contributed by atoms with Crippen molar-refractivity contribution in [2.45, 2.75) is 18.7 Å². The van der Waals surface area contributed by atoms with Gasteiger partial charge in [0.1, 0.15) is 5.82 Å². The molecule has 158 valence electrons. The standard InChI is InChI=1S/C20H19F3N4O3/c21-20(22,23)15-3-1-2-13(10-15)18-25-19(30-26-18)14-4-5-17(24-11-14)27-7-9-29-16(12-27)6-8-28/h1-5,10-11,16,28H,6-9,12H2. The second kappa shape index (κ2) is 8.41. The number of halogens is 3. The Hall–Kier alpha value is -2.98. The Morgan fingerprint density at radius 2 is 2.03 bits per heavy atom. The van der Waals surface area contributed by atoms with Crippen LogP contribution in [0.3, 0.4) is 0 Å². The number of hydrogen-bond donors (Lipinski definition) is 1. The molecular formula is C20H19F3N4O3. The van der Waals surface area contributed by atoms with Crippen molar-refractivity contribution in [3.05, 3.63) is 48.2 Å². The summed E-state index contributed by atoms with van der Waals surface area (Å²) in [5.41, 5.74) is -0.000303. The van der Waals surface area contributed by atoms with Crippen LogP contribution in [0, 0.1) is 0 Å². The lowest BCUT2D eigenvalue weighted by atomic mass is 10.1. The van der Waals surface area contributed by atoms with Crippen LogP contribution in [0.2, 0.25) is 0 Å². The number of aromatic nitrogens is 3. The first-order valence-electron chi connectivity index (χ1n) is 9.39. The number of morpholine rings is 1. The maximum Gasteiger partial charge on any atom is 0.416 e. The molecule has 0 saturated carbocycles. The number of nitrogens with zero attached hydrogens (tertiary/aromatic N) is 4. The number of rotatable bonds is 5. The normalized spacial score (nSPS) is 17.3. The van der Waals surface area contributed by atoms with Gasteiger partial charge in [-0.15, -0.1) is 0 Å². The molecular weight excluding hydrogens is 401 g/mol. The molecule has 3 aromatic rings. The predicted octanol–water partition coefficient (Wildman–Crippen LogP) is 3.41. The van der Waals surface area contributed by atoms with E-state index in [4.69, 9.17) is 14.4 Å². The second-order valence-corrected chi connectivity index (χ2v) is 6.86. The number of anilines is 1. The number of benzene rings is 1. The smallest absolute Gasteiger partial charge is 0.396 e. The van der Waals surface area contributed by atoms with Gasteiger partial charge in [0.05, 0.1) is 23.8 Å². The summed E-state index contributed by atoms with van der Waals surface area (Å²) in [6.07, 6.45) is -2.35. The summed E-state index contributed by atoms with van der Waals surface area (Å²) in [5.74, 6) is 0.990. The van der Waals surface area contributed by atoms with Gasteiger partial charge in [-0.2, -0.15) is 18.2 Å². The zero-order valence-electron chi connectivity index (χ0n) is 15.8. The Kier molecular flexibility index (Phi) is 5.69. The molecule has 1 saturated heterocycles. The van der Waals surface area contributed by atoms with Crippen LogP contribution in [0.4, 0.5) is 19.0 Å². The van der Waals surface area contributed by atoms with Gasteiger partial charge >= 0.3 is 6.18 Å². The van der Waals surface area contributed by atoms with Crippen molar-refractivity contribution in [2.75, 3.05) is 31.2 Å². The second-order valence-electron chi connectivity index (χ2n) is 6.86. The number of hydrogen-bond acceptors (Lipinski definition) is 7. The summed E-state index contributed by atoms with van der Waals surface area (Å²) in [7, 11) is 0. The molecule has 1 aliphatic heterocycles. The molecule has 10 heteroatoms. The zero-order chi connectivity index (χ0) is 21.1. The van der Waals surface area contributed by atoms with E-state index in [1.807, 2.05) is 6.07 Å². The Balaban J connectivity index is 1.50. The van der Waals surface area contributed by atoms with Crippen molar-refractivity contribution >= 4 is 5.82 Å². The molecule has 1 atom stereocenters. The van der Waals surface area contributed by atoms with E-state index in [2.05, 4.69) is 20.0 Å². The minimum Gasteiger partial charge on any atom is -0.396 e. The maximum atomic E-state index is 12.9. The van der Waals surface area contributed by atoms with Crippen LogP contribution in [0.5, 0.6) is 0 Å². The largest absolute Gasteiger partial charge is 0.416 e. The fraction of sp³-hybridized carbons (Fsp3) is 0.350. The van der Waals surface area contributed by atoms with Crippen molar-refractivity contribution in [3.63, 3.8) is 0 Å². The molecule has 1 aromatic carbocycles. The summed E-state index contributed by atoms with van der Waals surface area (Å²) in [4.78, 5) is 10.7. The summed E-state index contributed by atoms with van der Waals surface area (Å²) >= 11 is 0. The Labute approximate surface area is 170 Å². The molecule has 0 amide bonds. The average molecular weight is 420 g/mol. The van der Waals surface area contributed by atoms with E-state index in [1.165, 1.54) is 12.1 Å². The lowest BCUT2D eigenvalue weighted by Crippen LogP contribution is -2.43. The molecule has 30 heavy (non-hydrogen) atoms. The number of aliphatic hydroxyl groups excluding tert-OH is 1. The molecule has 1 N–H and O–H groups in total. The van der Waals surface area contributed by atoms with Crippen LogP contribution in [0.25, 0.3) is 22.8 Å². The summed E-state index contributed by atoms with van der Waals surface area (Å²) in [6, 6.07) is 8.34. The van der Waals surface area contributed by atoms with Gasteiger partial charge in [-0.1, -0.05) is 17.3 Å². The van der Waals surface area contributed by atoms with Gasteiger partial charge in [-0.05, 0) is 30.7 Å². The Bertz CT molecular complexity index is 989. The van der Waals surface area contributed by atoms with Crippen molar-refractivity contribution in [2.24, 2.45) is 0 Å². The molecule has 1 aliphatic rings. The van der Waals surface area contributed by atoms with E-state index in [0.29, 0.717) is 31.7 Å². The van der Waals surface area contributed by atoms with E-state index in [0.717, 1.165) is 18.0 Å². The van der Waals surface area contributed by atoms with Gasteiger partial charge in [0.25, 0.3) is 5.89 Å². The lowest BCUT2D eigenvalue weighted by molar-refractivity contribution is -0.137. The topological polar surface area (TPSA) is 84.5 Å². The maximum absolute atomic E-state index is 12.9. The van der Waals surface area contributed by atoms with E-state index >= 15 is 0 Å². The zero-order valence-corrected chi connectivity index (χ0v) is 15.8. The molecule has 0 aliphatic carbocycles. The van der Waals surface area contributed by atoms with Gasteiger partial charge in [0.2, 0.25) is 5.82 Å². The van der Waals surface area contributed by atoms with Crippen molar-refractivity contribution in [1.29, 1.82) is 0 Å². The number of aliphatic hydroxyl groups is 1. The van der Waals surface area contributed by atoms with Gasteiger partial charge < -0.3 is 19.3 Å².